The second kappa shape index (κ2) is 5.89. The van der Waals surface area contributed by atoms with Gasteiger partial charge in [0.2, 0.25) is 0 Å². The van der Waals surface area contributed by atoms with E-state index in [-0.39, 0.29) is 0 Å². The number of aliphatic hydroxyl groups is 1. The Labute approximate surface area is 89.5 Å². The molecule has 0 amide bonds. The van der Waals surface area contributed by atoms with E-state index in [1.807, 2.05) is 24.3 Å². The zero-order valence-electron chi connectivity index (χ0n) is 8.24. The third-order valence-corrected chi connectivity index (χ3v) is 2.38. The van der Waals surface area contributed by atoms with Crippen molar-refractivity contribution in [3.63, 3.8) is 0 Å². The van der Waals surface area contributed by atoms with Crippen LogP contribution in [0.3, 0.4) is 0 Å². The van der Waals surface area contributed by atoms with Crippen LogP contribution in [0.1, 0.15) is 24.5 Å². The molecular formula is C11H15ClO2. The molecule has 1 N–H and O–H groups in total. The Balaban J connectivity index is 2.72. The van der Waals surface area contributed by atoms with Gasteiger partial charge in [-0.2, -0.15) is 0 Å². The predicted octanol–water partition coefficient (Wildman–Crippen LogP) is 2.75. The number of methoxy groups -OCH3 is 1. The Morgan fingerprint density at radius 3 is 2.79 bits per heavy atom. The number of ether oxygens (including phenoxy) is 1. The van der Waals surface area contributed by atoms with Crippen molar-refractivity contribution in [2.45, 2.75) is 18.9 Å². The minimum atomic E-state index is -0.482. The zero-order chi connectivity index (χ0) is 10.4. The maximum atomic E-state index is 9.82. The molecule has 1 atom stereocenters. The number of hydrogen-bond acceptors (Lipinski definition) is 2. The summed E-state index contributed by atoms with van der Waals surface area (Å²) in [5.74, 6) is 1.31. The highest BCUT2D eigenvalue weighted by Crippen LogP contribution is 2.27. The highest BCUT2D eigenvalue weighted by atomic mass is 35.5. The summed E-state index contributed by atoms with van der Waals surface area (Å²) in [6, 6.07) is 7.50. The minimum absolute atomic E-state index is 0.482. The van der Waals surface area contributed by atoms with Crippen molar-refractivity contribution in [2.24, 2.45) is 0 Å². The van der Waals surface area contributed by atoms with Crippen molar-refractivity contribution >= 4 is 11.6 Å². The lowest BCUT2D eigenvalue weighted by Crippen LogP contribution is -2.00. The van der Waals surface area contributed by atoms with Crippen molar-refractivity contribution in [3.05, 3.63) is 29.8 Å². The number of halogens is 1. The fourth-order valence-electron chi connectivity index (χ4n) is 1.37. The van der Waals surface area contributed by atoms with Gasteiger partial charge in [-0.1, -0.05) is 18.2 Å². The number of para-hydroxylation sites is 1. The van der Waals surface area contributed by atoms with Crippen LogP contribution in [0.15, 0.2) is 24.3 Å². The summed E-state index contributed by atoms with van der Waals surface area (Å²) < 4.78 is 5.15. The molecule has 0 aromatic heterocycles. The van der Waals surface area contributed by atoms with Crippen molar-refractivity contribution in [3.8, 4) is 5.75 Å². The predicted molar refractivity (Wildman–Crippen MR) is 57.9 cm³/mol. The van der Waals surface area contributed by atoms with Crippen LogP contribution in [0.2, 0.25) is 0 Å². The van der Waals surface area contributed by atoms with Crippen LogP contribution >= 0.6 is 11.6 Å². The molecule has 1 rings (SSSR count). The monoisotopic (exact) mass is 214 g/mol. The molecule has 1 aromatic carbocycles. The van der Waals surface area contributed by atoms with Gasteiger partial charge in [-0.15, -0.1) is 11.6 Å². The number of alkyl halides is 1. The average Bonchev–Trinajstić information content (AvgIpc) is 2.25. The van der Waals surface area contributed by atoms with Crippen LogP contribution in [0.4, 0.5) is 0 Å². The molecule has 2 nitrogen and oxygen atoms in total. The molecule has 0 saturated carbocycles. The van der Waals surface area contributed by atoms with Crippen LogP contribution in [-0.4, -0.2) is 18.1 Å². The summed E-state index contributed by atoms with van der Waals surface area (Å²) >= 11 is 5.56. The van der Waals surface area contributed by atoms with Gasteiger partial charge >= 0.3 is 0 Å². The van der Waals surface area contributed by atoms with Crippen molar-refractivity contribution in [1.82, 2.24) is 0 Å². The van der Waals surface area contributed by atoms with E-state index in [1.165, 1.54) is 0 Å². The van der Waals surface area contributed by atoms with Crippen molar-refractivity contribution in [1.29, 1.82) is 0 Å². The topological polar surface area (TPSA) is 29.5 Å². The Morgan fingerprint density at radius 1 is 1.43 bits per heavy atom. The number of benzene rings is 1. The molecule has 0 aliphatic carbocycles. The fraction of sp³-hybridized carbons (Fsp3) is 0.455. The van der Waals surface area contributed by atoms with E-state index < -0.39 is 6.10 Å². The van der Waals surface area contributed by atoms with E-state index in [0.717, 1.165) is 17.7 Å². The van der Waals surface area contributed by atoms with Gasteiger partial charge in [0, 0.05) is 11.4 Å². The Kier molecular flexibility index (Phi) is 4.77. The summed E-state index contributed by atoms with van der Waals surface area (Å²) in [5, 5.41) is 9.82. The summed E-state index contributed by atoms with van der Waals surface area (Å²) in [6.45, 7) is 0. The number of rotatable bonds is 5. The van der Waals surface area contributed by atoms with E-state index >= 15 is 0 Å². The summed E-state index contributed by atoms with van der Waals surface area (Å²) in [6.07, 6.45) is 0.995. The molecular weight excluding hydrogens is 200 g/mol. The van der Waals surface area contributed by atoms with E-state index in [2.05, 4.69) is 0 Å². The quantitative estimate of drug-likeness (QED) is 0.764. The SMILES string of the molecule is COc1ccccc1[C@H](O)CCCCl. The minimum Gasteiger partial charge on any atom is -0.496 e. The highest BCUT2D eigenvalue weighted by Gasteiger charge is 2.11. The summed E-state index contributed by atoms with van der Waals surface area (Å²) in [7, 11) is 1.60. The zero-order valence-corrected chi connectivity index (χ0v) is 9.00. The van der Waals surface area contributed by atoms with Crippen LogP contribution in [0.25, 0.3) is 0 Å². The molecule has 0 saturated heterocycles. The lowest BCUT2D eigenvalue weighted by molar-refractivity contribution is 0.162. The first-order valence-corrected chi connectivity index (χ1v) is 5.20. The van der Waals surface area contributed by atoms with Gasteiger partial charge in [-0.05, 0) is 18.9 Å². The van der Waals surface area contributed by atoms with Crippen molar-refractivity contribution < 1.29 is 9.84 Å². The second-order valence-electron chi connectivity index (χ2n) is 3.09. The molecule has 0 heterocycles. The molecule has 0 fully saturated rings. The maximum absolute atomic E-state index is 9.82. The van der Waals surface area contributed by atoms with Gasteiger partial charge in [-0.25, -0.2) is 0 Å². The summed E-state index contributed by atoms with van der Waals surface area (Å²) in [5.41, 5.74) is 0.833. The molecule has 0 radical (unpaired) electrons. The largest absolute Gasteiger partial charge is 0.496 e. The van der Waals surface area contributed by atoms with Gasteiger partial charge in [0.25, 0.3) is 0 Å². The van der Waals surface area contributed by atoms with Gasteiger partial charge in [-0.3, -0.25) is 0 Å². The van der Waals surface area contributed by atoms with Crippen LogP contribution < -0.4 is 4.74 Å². The first kappa shape index (κ1) is 11.3. The molecule has 0 aliphatic heterocycles. The lowest BCUT2D eigenvalue weighted by atomic mass is 10.0. The lowest BCUT2D eigenvalue weighted by Gasteiger charge is -2.13. The molecule has 1 aromatic rings. The van der Waals surface area contributed by atoms with Gasteiger partial charge in [0.1, 0.15) is 5.75 Å². The number of hydrogen-bond donors (Lipinski definition) is 1. The maximum Gasteiger partial charge on any atom is 0.124 e. The summed E-state index contributed by atoms with van der Waals surface area (Å²) in [4.78, 5) is 0. The Morgan fingerprint density at radius 2 is 2.14 bits per heavy atom. The average molecular weight is 215 g/mol. The van der Waals surface area contributed by atoms with E-state index in [0.29, 0.717) is 12.3 Å². The molecule has 14 heavy (non-hydrogen) atoms. The highest BCUT2D eigenvalue weighted by molar-refractivity contribution is 6.17. The van der Waals surface area contributed by atoms with Gasteiger partial charge < -0.3 is 9.84 Å². The van der Waals surface area contributed by atoms with Crippen molar-refractivity contribution in [2.75, 3.05) is 13.0 Å². The van der Waals surface area contributed by atoms with Gasteiger partial charge in [0.15, 0.2) is 0 Å². The standard InChI is InChI=1S/C11H15ClO2/c1-14-11-7-3-2-5-9(11)10(13)6-4-8-12/h2-3,5,7,10,13H,4,6,8H2,1H3/t10-/m1/s1. The van der Waals surface area contributed by atoms with Crippen LogP contribution in [0.5, 0.6) is 5.75 Å². The molecule has 78 valence electrons. The van der Waals surface area contributed by atoms with E-state index in [9.17, 15) is 5.11 Å². The molecule has 0 bridgehead atoms. The van der Waals surface area contributed by atoms with E-state index in [1.54, 1.807) is 7.11 Å². The van der Waals surface area contributed by atoms with Gasteiger partial charge in [0.05, 0.1) is 13.2 Å². The second-order valence-corrected chi connectivity index (χ2v) is 3.47. The number of aliphatic hydroxyl groups excluding tert-OH is 1. The first-order chi connectivity index (χ1) is 6.79. The molecule has 3 heteroatoms. The molecule has 0 spiro atoms. The third kappa shape index (κ3) is 2.89. The smallest absolute Gasteiger partial charge is 0.124 e. The first-order valence-electron chi connectivity index (χ1n) is 4.66. The Bertz CT molecular complexity index is 276. The third-order valence-electron chi connectivity index (χ3n) is 2.11. The molecule has 0 aliphatic rings. The molecule has 0 unspecified atom stereocenters. The van der Waals surface area contributed by atoms with E-state index in [4.69, 9.17) is 16.3 Å². The normalized spacial score (nSPS) is 12.5. The fourth-order valence-corrected chi connectivity index (χ4v) is 1.52. The van der Waals surface area contributed by atoms with Crippen LogP contribution in [0, 0.1) is 0 Å². The van der Waals surface area contributed by atoms with Crippen LogP contribution in [-0.2, 0) is 0 Å². The Hall–Kier alpha value is -0.730.